The summed E-state index contributed by atoms with van der Waals surface area (Å²) in [5, 5.41) is 3.80. The molecule has 0 aromatic rings. The summed E-state index contributed by atoms with van der Waals surface area (Å²) in [6, 6.07) is 0. The fourth-order valence-electron chi connectivity index (χ4n) is 3.97. The van der Waals surface area contributed by atoms with Crippen LogP contribution in [0.25, 0.3) is 0 Å². The van der Waals surface area contributed by atoms with Gasteiger partial charge in [-0.05, 0) is 32.6 Å². The summed E-state index contributed by atoms with van der Waals surface area (Å²) in [5.41, 5.74) is 0.745. The van der Waals surface area contributed by atoms with Crippen LogP contribution in [0, 0.1) is 0 Å². The van der Waals surface area contributed by atoms with Gasteiger partial charge < -0.3 is 10.1 Å². The number of hydrogen-bond donors (Lipinski definition) is 1. The van der Waals surface area contributed by atoms with Gasteiger partial charge in [0.25, 0.3) is 0 Å². The Morgan fingerprint density at radius 2 is 1.94 bits per heavy atom. The molecule has 0 amide bonds. The molecule has 0 aromatic carbocycles. The van der Waals surface area contributed by atoms with Gasteiger partial charge in [-0.15, -0.1) is 0 Å². The van der Waals surface area contributed by atoms with Crippen LogP contribution in [0.15, 0.2) is 0 Å². The number of rotatable bonds is 1. The quantitative estimate of drug-likeness (QED) is 0.753. The standard InChI is InChI=1S/C14H26N2O/c1-13(5-4-10-17-12-13)16-9-8-15-14(11-16)6-2-3-7-14/h15H,2-12H2,1H3. The fraction of sp³-hybridized carbons (Fsp3) is 1.00. The lowest BCUT2D eigenvalue weighted by molar-refractivity contribution is -0.0597. The minimum absolute atomic E-state index is 0.302. The van der Waals surface area contributed by atoms with Crippen LogP contribution < -0.4 is 5.32 Å². The maximum atomic E-state index is 5.73. The minimum atomic E-state index is 0.302. The van der Waals surface area contributed by atoms with Crippen LogP contribution in [0.2, 0.25) is 0 Å². The van der Waals surface area contributed by atoms with Gasteiger partial charge >= 0.3 is 0 Å². The normalized spacial score (nSPS) is 38.6. The van der Waals surface area contributed by atoms with Crippen molar-refractivity contribution >= 4 is 0 Å². The Morgan fingerprint density at radius 1 is 1.12 bits per heavy atom. The smallest absolute Gasteiger partial charge is 0.0647 e. The van der Waals surface area contributed by atoms with Crippen LogP contribution in [0.3, 0.4) is 0 Å². The first-order chi connectivity index (χ1) is 8.23. The second-order valence-corrected chi connectivity index (χ2v) is 6.49. The highest BCUT2D eigenvalue weighted by atomic mass is 16.5. The monoisotopic (exact) mass is 238 g/mol. The van der Waals surface area contributed by atoms with Gasteiger partial charge in [0, 0.05) is 37.3 Å². The van der Waals surface area contributed by atoms with Crippen molar-refractivity contribution in [1.29, 1.82) is 0 Å². The molecule has 2 aliphatic heterocycles. The van der Waals surface area contributed by atoms with Crippen molar-refractivity contribution in [2.75, 3.05) is 32.8 Å². The molecule has 2 heterocycles. The van der Waals surface area contributed by atoms with E-state index in [0.29, 0.717) is 11.1 Å². The summed E-state index contributed by atoms with van der Waals surface area (Å²) >= 11 is 0. The van der Waals surface area contributed by atoms with Gasteiger partial charge in [-0.1, -0.05) is 12.8 Å². The Balaban J connectivity index is 1.70. The van der Waals surface area contributed by atoms with E-state index in [1.807, 2.05) is 0 Å². The molecule has 1 N–H and O–H groups in total. The van der Waals surface area contributed by atoms with Crippen LogP contribution in [0.4, 0.5) is 0 Å². The minimum Gasteiger partial charge on any atom is -0.380 e. The van der Waals surface area contributed by atoms with Crippen molar-refractivity contribution in [2.24, 2.45) is 0 Å². The van der Waals surface area contributed by atoms with E-state index in [1.165, 1.54) is 51.6 Å². The van der Waals surface area contributed by atoms with E-state index in [2.05, 4.69) is 17.1 Å². The topological polar surface area (TPSA) is 24.5 Å². The van der Waals surface area contributed by atoms with Gasteiger partial charge in [-0.2, -0.15) is 0 Å². The highest BCUT2D eigenvalue weighted by molar-refractivity contribution is 5.02. The highest BCUT2D eigenvalue weighted by Crippen LogP contribution is 2.36. The zero-order valence-corrected chi connectivity index (χ0v) is 11.1. The number of hydrogen-bond acceptors (Lipinski definition) is 3. The molecule has 3 nitrogen and oxygen atoms in total. The summed E-state index contributed by atoms with van der Waals surface area (Å²) in [4.78, 5) is 2.72. The van der Waals surface area contributed by atoms with Gasteiger partial charge in [-0.3, -0.25) is 4.90 Å². The summed E-state index contributed by atoms with van der Waals surface area (Å²) in [7, 11) is 0. The predicted molar refractivity (Wildman–Crippen MR) is 69.2 cm³/mol. The highest BCUT2D eigenvalue weighted by Gasteiger charge is 2.43. The predicted octanol–water partition coefficient (Wildman–Crippen LogP) is 1.77. The number of piperazine rings is 1. The lowest BCUT2D eigenvalue weighted by atomic mass is 9.87. The molecule has 0 aromatic heterocycles. The van der Waals surface area contributed by atoms with Gasteiger partial charge in [0.15, 0.2) is 0 Å². The zero-order chi connectivity index (χ0) is 11.8. The second kappa shape index (κ2) is 4.52. The van der Waals surface area contributed by atoms with Crippen molar-refractivity contribution in [2.45, 2.75) is 56.5 Å². The third-order valence-electron chi connectivity index (χ3n) is 5.12. The summed E-state index contributed by atoms with van der Waals surface area (Å²) in [6.07, 6.45) is 8.11. The summed E-state index contributed by atoms with van der Waals surface area (Å²) in [6.45, 7) is 7.90. The molecule has 1 saturated carbocycles. The molecule has 1 spiro atoms. The number of ether oxygens (including phenoxy) is 1. The maximum absolute atomic E-state index is 5.73. The first kappa shape index (κ1) is 11.9. The molecule has 3 aliphatic rings. The van der Waals surface area contributed by atoms with Crippen LogP contribution >= 0.6 is 0 Å². The number of nitrogens with one attached hydrogen (secondary N) is 1. The molecule has 17 heavy (non-hydrogen) atoms. The van der Waals surface area contributed by atoms with E-state index < -0.39 is 0 Å². The Hall–Kier alpha value is -0.120. The van der Waals surface area contributed by atoms with Crippen molar-refractivity contribution in [1.82, 2.24) is 10.2 Å². The van der Waals surface area contributed by atoms with Crippen molar-refractivity contribution < 1.29 is 4.74 Å². The average Bonchev–Trinajstić information content (AvgIpc) is 2.78. The Kier molecular flexibility index (Phi) is 3.18. The molecule has 0 bridgehead atoms. The van der Waals surface area contributed by atoms with E-state index in [4.69, 9.17) is 4.74 Å². The lowest BCUT2D eigenvalue weighted by Crippen LogP contribution is -2.65. The van der Waals surface area contributed by atoms with Gasteiger partial charge in [-0.25, -0.2) is 0 Å². The number of nitrogens with zero attached hydrogens (tertiary/aromatic N) is 1. The summed E-state index contributed by atoms with van der Waals surface area (Å²) < 4.78 is 5.73. The molecule has 3 fully saturated rings. The largest absolute Gasteiger partial charge is 0.380 e. The fourth-order valence-corrected chi connectivity index (χ4v) is 3.97. The maximum Gasteiger partial charge on any atom is 0.0647 e. The molecule has 3 rings (SSSR count). The molecule has 1 aliphatic carbocycles. The van der Waals surface area contributed by atoms with Crippen LogP contribution in [-0.2, 0) is 4.74 Å². The van der Waals surface area contributed by atoms with Gasteiger partial charge in [0.05, 0.1) is 6.61 Å². The molecule has 1 unspecified atom stereocenters. The van der Waals surface area contributed by atoms with Crippen LogP contribution in [-0.4, -0.2) is 48.8 Å². The van der Waals surface area contributed by atoms with Crippen LogP contribution in [0.5, 0.6) is 0 Å². The molecule has 3 heteroatoms. The molecule has 0 radical (unpaired) electrons. The molecule has 2 saturated heterocycles. The molecular weight excluding hydrogens is 212 g/mol. The van der Waals surface area contributed by atoms with E-state index in [0.717, 1.165) is 19.8 Å². The first-order valence-electron chi connectivity index (χ1n) is 7.30. The Labute approximate surface area is 105 Å². The molecular formula is C14H26N2O. The second-order valence-electron chi connectivity index (χ2n) is 6.49. The molecule has 98 valence electrons. The Bertz CT molecular complexity index is 267. The van der Waals surface area contributed by atoms with Gasteiger partial charge in [0.2, 0.25) is 0 Å². The third-order valence-corrected chi connectivity index (χ3v) is 5.12. The van der Waals surface area contributed by atoms with E-state index in [9.17, 15) is 0 Å². The first-order valence-corrected chi connectivity index (χ1v) is 7.30. The van der Waals surface area contributed by atoms with Crippen LogP contribution in [0.1, 0.15) is 45.4 Å². The Morgan fingerprint density at radius 3 is 2.65 bits per heavy atom. The van der Waals surface area contributed by atoms with E-state index in [-0.39, 0.29) is 0 Å². The van der Waals surface area contributed by atoms with Gasteiger partial charge in [0.1, 0.15) is 0 Å². The van der Waals surface area contributed by atoms with E-state index >= 15 is 0 Å². The van der Waals surface area contributed by atoms with Crippen molar-refractivity contribution in [3.05, 3.63) is 0 Å². The van der Waals surface area contributed by atoms with Crippen molar-refractivity contribution in [3.63, 3.8) is 0 Å². The summed E-state index contributed by atoms with van der Waals surface area (Å²) in [5.74, 6) is 0. The zero-order valence-electron chi connectivity index (χ0n) is 11.1. The van der Waals surface area contributed by atoms with Crippen molar-refractivity contribution in [3.8, 4) is 0 Å². The molecule has 1 atom stereocenters. The van der Waals surface area contributed by atoms with E-state index in [1.54, 1.807) is 0 Å². The lowest BCUT2D eigenvalue weighted by Gasteiger charge is -2.51. The average molecular weight is 238 g/mol. The third kappa shape index (κ3) is 2.25. The SMILES string of the molecule is CC1(N2CCNC3(CCCC3)C2)CCCOC1.